The maximum atomic E-state index is 12.5. The van der Waals surface area contributed by atoms with Gasteiger partial charge in [-0.2, -0.15) is 13.2 Å². The van der Waals surface area contributed by atoms with Gasteiger partial charge >= 0.3 is 6.18 Å². The summed E-state index contributed by atoms with van der Waals surface area (Å²) in [6, 6.07) is 1.98. The Hall–Kier alpha value is -1.88. The molecule has 0 amide bonds. The van der Waals surface area contributed by atoms with Crippen LogP contribution in [0, 0.1) is 10.1 Å². The van der Waals surface area contributed by atoms with Crippen molar-refractivity contribution in [3.63, 3.8) is 0 Å². The van der Waals surface area contributed by atoms with E-state index < -0.39 is 32.4 Å². The summed E-state index contributed by atoms with van der Waals surface area (Å²) >= 11 is 0. The fourth-order valence-electron chi connectivity index (χ4n) is 1.43. The SMILES string of the molecule is CNS(=O)(=O)CCNc1ccc(C(F)(F)F)cc1[N+](=O)[O-]. The average Bonchev–Trinajstić information content (AvgIpc) is 2.37. The van der Waals surface area contributed by atoms with Crippen LogP contribution in [0.25, 0.3) is 0 Å². The molecule has 0 aliphatic carbocycles. The van der Waals surface area contributed by atoms with Crippen molar-refractivity contribution < 1.29 is 26.5 Å². The Kier molecular flexibility index (Phi) is 5.12. The fourth-order valence-corrected chi connectivity index (χ4v) is 2.01. The minimum absolute atomic E-state index is 0.181. The van der Waals surface area contributed by atoms with Gasteiger partial charge in [0.25, 0.3) is 5.69 Å². The van der Waals surface area contributed by atoms with Crippen LogP contribution in [0.15, 0.2) is 18.2 Å². The van der Waals surface area contributed by atoms with Crippen molar-refractivity contribution >= 4 is 21.4 Å². The minimum Gasteiger partial charge on any atom is -0.378 e. The molecular weight excluding hydrogens is 315 g/mol. The molecule has 0 aromatic heterocycles. The van der Waals surface area contributed by atoms with E-state index in [0.717, 1.165) is 6.07 Å². The Balaban J connectivity index is 2.95. The van der Waals surface area contributed by atoms with Gasteiger partial charge in [0.2, 0.25) is 10.0 Å². The molecule has 21 heavy (non-hydrogen) atoms. The number of nitrogens with zero attached hydrogens (tertiary/aromatic N) is 1. The Morgan fingerprint density at radius 3 is 2.43 bits per heavy atom. The second kappa shape index (κ2) is 6.26. The number of hydrogen-bond donors (Lipinski definition) is 2. The maximum absolute atomic E-state index is 12.5. The van der Waals surface area contributed by atoms with Gasteiger partial charge in [-0.05, 0) is 19.2 Å². The molecule has 0 unspecified atom stereocenters. The predicted molar refractivity (Wildman–Crippen MR) is 69.4 cm³/mol. The van der Waals surface area contributed by atoms with Gasteiger partial charge in [0.15, 0.2) is 0 Å². The van der Waals surface area contributed by atoms with Crippen molar-refractivity contribution in [2.24, 2.45) is 0 Å². The highest BCUT2D eigenvalue weighted by Crippen LogP contribution is 2.34. The van der Waals surface area contributed by atoms with Gasteiger partial charge in [-0.15, -0.1) is 0 Å². The van der Waals surface area contributed by atoms with E-state index in [4.69, 9.17) is 0 Å². The number of halogens is 3. The van der Waals surface area contributed by atoms with Gasteiger partial charge in [-0.25, -0.2) is 13.1 Å². The number of rotatable bonds is 6. The Morgan fingerprint density at radius 2 is 1.95 bits per heavy atom. The Labute approximate surface area is 118 Å². The number of nitrogens with one attached hydrogen (secondary N) is 2. The van der Waals surface area contributed by atoms with E-state index in [9.17, 15) is 31.7 Å². The molecule has 0 bridgehead atoms. The molecule has 0 heterocycles. The molecule has 1 aromatic carbocycles. The third-order valence-electron chi connectivity index (χ3n) is 2.52. The lowest BCUT2D eigenvalue weighted by molar-refractivity contribution is -0.384. The zero-order chi connectivity index (χ0) is 16.3. The molecule has 0 saturated heterocycles. The molecule has 0 aliphatic rings. The number of nitro groups is 1. The van der Waals surface area contributed by atoms with Crippen LogP contribution >= 0.6 is 0 Å². The van der Waals surface area contributed by atoms with Crippen LogP contribution in [-0.4, -0.2) is 32.7 Å². The molecule has 118 valence electrons. The molecular formula is C10H12F3N3O4S. The fraction of sp³-hybridized carbons (Fsp3) is 0.400. The molecule has 1 aromatic rings. The normalized spacial score (nSPS) is 12.2. The summed E-state index contributed by atoms with van der Waals surface area (Å²) in [7, 11) is -2.31. The van der Waals surface area contributed by atoms with Crippen molar-refractivity contribution in [2.75, 3.05) is 24.7 Å². The second-order valence-electron chi connectivity index (χ2n) is 3.94. The van der Waals surface area contributed by atoms with E-state index in [1.807, 2.05) is 4.72 Å². The lowest BCUT2D eigenvalue weighted by Crippen LogP contribution is -2.26. The van der Waals surface area contributed by atoms with Crippen LogP contribution in [0.4, 0.5) is 24.5 Å². The summed E-state index contributed by atoms with van der Waals surface area (Å²) in [6.07, 6.45) is -4.70. The molecule has 2 N–H and O–H groups in total. The van der Waals surface area contributed by atoms with E-state index in [-0.39, 0.29) is 18.0 Å². The lowest BCUT2D eigenvalue weighted by atomic mass is 10.1. The molecule has 0 spiro atoms. The van der Waals surface area contributed by atoms with Gasteiger partial charge in [0.1, 0.15) is 5.69 Å². The molecule has 0 atom stereocenters. The summed E-state index contributed by atoms with van der Waals surface area (Å²) in [4.78, 5) is 9.82. The minimum atomic E-state index is -4.70. The summed E-state index contributed by atoms with van der Waals surface area (Å²) in [5, 5.41) is 13.2. The number of anilines is 1. The van der Waals surface area contributed by atoms with Gasteiger partial charge in [0.05, 0.1) is 16.2 Å². The Bertz CT molecular complexity index is 631. The summed E-state index contributed by atoms with van der Waals surface area (Å²) in [5.74, 6) is -0.373. The van der Waals surface area contributed by atoms with Crippen LogP contribution in [0.3, 0.4) is 0 Å². The van der Waals surface area contributed by atoms with Gasteiger partial charge in [-0.1, -0.05) is 0 Å². The van der Waals surface area contributed by atoms with Crippen molar-refractivity contribution in [1.29, 1.82) is 0 Å². The first-order chi connectivity index (χ1) is 9.57. The number of nitro benzene ring substituents is 1. The summed E-state index contributed by atoms with van der Waals surface area (Å²) in [6.45, 7) is -0.185. The first-order valence-corrected chi connectivity index (χ1v) is 7.23. The molecule has 1 rings (SSSR count). The molecule has 0 saturated carbocycles. The van der Waals surface area contributed by atoms with Crippen molar-refractivity contribution in [3.05, 3.63) is 33.9 Å². The summed E-state index contributed by atoms with van der Waals surface area (Å²) < 4.78 is 61.8. The van der Waals surface area contributed by atoms with Crippen LogP contribution < -0.4 is 10.0 Å². The largest absolute Gasteiger partial charge is 0.416 e. The highest BCUT2D eigenvalue weighted by Gasteiger charge is 2.33. The number of alkyl halides is 3. The van der Waals surface area contributed by atoms with Gasteiger partial charge in [-0.3, -0.25) is 10.1 Å². The first kappa shape index (κ1) is 17.2. The Morgan fingerprint density at radius 1 is 1.33 bits per heavy atom. The molecule has 0 aliphatic heterocycles. The van der Waals surface area contributed by atoms with E-state index >= 15 is 0 Å². The highest BCUT2D eigenvalue weighted by molar-refractivity contribution is 7.89. The number of sulfonamides is 1. The van der Waals surface area contributed by atoms with Crippen molar-refractivity contribution in [2.45, 2.75) is 6.18 Å². The molecule has 11 heteroatoms. The highest BCUT2D eigenvalue weighted by atomic mass is 32.2. The van der Waals surface area contributed by atoms with Crippen LogP contribution in [0.2, 0.25) is 0 Å². The zero-order valence-electron chi connectivity index (χ0n) is 10.8. The standard InChI is InChI=1S/C10H12F3N3O4S/c1-14-21(19,20)5-4-15-8-3-2-7(10(11,12)13)6-9(8)16(17)18/h2-3,6,14-15H,4-5H2,1H3. The first-order valence-electron chi connectivity index (χ1n) is 5.57. The van der Waals surface area contributed by atoms with E-state index in [1.54, 1.807) is 0 Å². The van der Waals surface area contributed by atoms with Gasteiger partial charge in [0, 0.05) is 12.6 Å². The van der Waals surface area contributed by atoms with E-state index in [1.165, 1.54) is 7.05 Å². The van der Waals surface area contributed by atoms with Crippen molar-refractivity contribution in [3.8, 4) is 0 Å². The third kappa shape index (κ3) is 4.86. The number of benzene rings is 1. The quantitative estimate of drug-likeness (QED) is 0.610. The maximum Gasteiger partial charge on any atom is 0.416 e. The van der Waals surface area contributed by atoms with Crippen LogP contribution in [0.1, 0.15) is 5.56 Å². The smallest absolute Gasteiger partial charge is 0.378 e. The van der Waals surface area contributed by atoms with Crippen LogP contribution in [-0.2, 0) is 16.2 Å². The monoisotopic (exact) mass is 327 g/mol. The van der Waals surface area contributed by atoms with E-state index in [2.05, 4.69) is 5.32 Å². The van der Waals surface area contributed by atoms with Crippen LogP contribution in [0.5, 0.6) is 0 Å². The number of hydrogen-bond acceptors (Lipinski definition) is 5. The third-order valence-corrected chi connectivity index (χ3v) is 3.88. The molecule has 0 radical (unpaired) electrons. The van der Waals surface area contributed by atoms with Gasteiger partial charge < -0.3 is 5.32 Å². The van der Waals surface area contributed by atoms with Crippen molar-refractivity contribution in [1.82, 2.24) is 4.72 Å². The topological polar surface area (TPSA) is 101 Å². The molecule has 7 nitrogen and oxygen atoms in total. The summed E-state index contributed by atoms with van der Waals surface area (Å²) in [5.41, 5.74) is -2.10. The zero-order valence-corrected chi connectivity index (χ0v) is 11.6. The van der Waals surface area contributed by atoms with E-state index in [0.29, 0.717) is 12.1 Å². The predicted octanol–water partition coefficient (Wildman–Crippen LogP) is 1.57. The second-order valence-corrected chi connectivity index (χ2v) is 5.98. The average molecular weight is 327 g/mol. The molecule has 0 fully saturated rings. The lowest BCUT2D eigenvalue weighted by Gasteiger charge is -2.10.